The van der Waals surface area contributed by atoms with Gasteiger partial charge in [-0.2, -0.15) is 5.10 Å². The van der Waals surface area contributed by atoms with Gasteiger partial charge in [-0.1, -0.05) is 23.2 Å². The highest BCUT2D eigenvalue weighted by Crippen LogP contribution is 2.32. The molecule has 3 rings (SSSR count). The molecule has 0 bridgehead atoms. The molecule has 0 aliphatic heterocycles. The molecule has 0 unspecified atom stereocenters. The SMILES string of the molecule is Cn1nc(-c2c(Cl)cncc2Cl)nc1-c1ccncc1. The van der Waals surface area contributed by atoms with Crippen LogP contribution in [0.15, 0.2) is 36.9 Å². The second-order valence-corrected chi connectivity index (χ2v) is 4.91. The third kappa shape index (κ3) is 2.26. The van der Waals surface area contributed by atoms with Crippen molar-refractivity contribution in [3.8, 4) is 22.8 Å². The lowest BCUT2D eigenvalue weighted by Crippen LogP contribution is -1.94. The Morgan fingerprint density at radius 1 is 1.00 bits per heavy atom. The lowest BCUT2D eigenvalue weighted by molar-refractivity contribution is 0.777. The van der Waals surface area contributed by atoms with Gasteiger partial charge in [-0.3, -0.25) is 9.97 Å². The van der Waals surface area contributed by atoms with Crippen molar-refractivity contribution in [1.82, 2.24) is 24.7 Å². The second kappa shape index (κ2) is 5.19. The molecule has 0 fully saturated rings. The average Bonchev–Trinajstić information content (AvgIpc) is 2.81. The number of aromatic nitrogens is 5. The molecule has 0 radical (unpaired) electrons. The van der Waals surface area contributed by atoms with Gasteiger partial charge in [0, 0.05) is 37.4 Å². The van der Waals surface area contributed by atoms with Crippen molar-refractivity contribution in [3.05, 3.63) is 47.0 Å². The van der Waals surface area contributed by atoms with Crippen LogP contribution in [-0.2, 0) is 7.05 Å². The zero-order valence-corrected chi connectivity index (χ0v) is 12.0. The Kier molecular flexibility index (Phi) is 3.38. The van der Waals surface area contributed by atoms with E-state index in [1.54, 1.807) is 17.1 Å². The van der Waals surface area contributed by atoms with E-state index in [0.717, 1.165) is 5.56 Å². The largest absolute Gasteiger partial charge is 0.265 e. The molecule has 100 valence electrons. The summed E-state index contributed by atoms with van der Waals surface area (Å²) in [7, 11) is 1.81. The molecule has 0 atom stereocenters. The molecule has 0 N–H and O–H groups in total. The molecule has 0 aliphatic carbocycles. The van der Waals surface area contributed by atoms with Crippen LogP contribution in [0.4, 0.5) is 0 Å². The fourth-order valence-corrected chi connectivity index (χ4v) is 2.40. The van der Waals surface area contributed by atoms with Crippen LogP contribution in [0, 0.1) is 0 Å². The second-order valence-electron chi connectivity index (χ2n) is 4.10. The molecule has 0 spiro atoms. The summed E-state index contributed by atoms with van der Waals surface area (Å²) in [5.41, 5.74) is 1.50. The summed E-state index contributed by atoms with van der Waals surface area (Å²) in [4.78, 5) is 12.4. The molecule has 3 aromatic rings. The molecular formula is C13H9Cl2N5. The zero-order chi connectivity index (χ0) is 14.1. The summed E-state index contributed by atoms with van der Waals surface area (Å²) >= 11 is 12.3. The molecule has 3 aromatic heterocycles. The normalized spacial score (nSPS) is 10.8. The Balaban J connectivity index is 2.15. The molecule has 20 heavy (non-hydrogen) atoms. The van der Waals surface area contributed by atoms with Crippen LogP contribution in [-0.4, -0.2) is 24.7 Å². The summed E-state index contributed by atoms with van der Waals surface area (Å²) in [5, 5.41) is 5.21. The molecule has 0 amide bonds. The monoisotopic (exact) mass is 305 g/mol. The van der Waals surface area contributed by atoms with Crippen LogP contribution >= 0.6 is 23.2 Å². The van der Waals surface area contributed by atoms with E-state index < -0.39 is 0 Å². The molecule has 7 heteroatoms. The fraction of sp³-hybridized carbons (Fsp3) is 0.0769. The number of pyridine rings is 2. The number of halogens is 2. The molecule has 0 aliphatic rings. The lowest BCUT2D eigenvalue weighted by Gasteiger charge is -2.00. The van der Waals surface area contributed by atoms with Gasteiger partial charge >= 0.3 is 0 Å². The first-order valence-corrected chi connectivity index (χ1v) is 6.53. The van der Waals surface area contributed by atoms with E-state index in [0.29, 0.717) is 27.3 Å². The van der Waals surface area contributed by atoms with Gasteiger partial charge in [0.25, 0.3) is 0 Å². The van der Waals surface area contributed by atoms with Gasteiger partial charge in [0.05, 0.1) is 15.6 Å². The van der Waals surface area contributed by atoms with Gasteiger partial charge in [0.2, 0.25) is 0 Å². The van der Waals surface area contributed by atoms with E-state index in [-0.39, 0.29) is 0 Å². The number of nitrogens with zero attached hydrogens (tertiary/aromatic N) is 5. The minimum absolute atomic E-state index is 0.421. The van der Waals surface area contributed by atoms with Crippen LogP contribution in [0.25, 0.3) is 22.8 Å². The predicted molar refractivity (Wildman–Crippen MR) is 77.5 cm³/mol. The summed E-state index contributed by atoms with van der Waals surface area (Å²) < 4.78 is 1.68. The van der Waals surface area contributed by atoms with Gasteiger partial charge < -0.3 is 0 Å². The first kappa shape index (κ1) is 13.0. The van der Waals surface area contributed by atoms with Gasteiger partial charge in [-0.15, -0.1) is 0 Å². The Hall–Kier alpha value is -1.98. The maximum Gasteiger partial charge on any atom is 0.184 e. The van der Waals surface area contributed by atoms with E-state index in [2.05, 4.69) is 20.1 Å². The van der Waals surface area contributed by atoms with Crippen molar-refractivity contribution in [2.45, 2.75) is 0 Å². The molecule has 0 aromatic carbocycles. The van der Waals surface area contributed by atoms with Gasteiger partial charge in [-0.25, -0.2) is 9.67 Å². The van der Waals surface area contributed by atoms with Gasteiger partial charge in [-0.05, 0) is 12.1 Å². The maximum atomic E-state index is 6.13. The van der Waals surface area contributed by atoms with Crippen LogP contribution in [0.5, 0.6) is 0 Å². The van der Waals surface area contributed by atoms with E-state index >= 15 is 0 Å². The predicted octanol–water partition coefficient (Wildman–Crippen LogP) is 3.25. The van der Waals surface area contributed by atoms with Crippen molar-refractivity contribution >= 4 is 23.2 Å². The van der Waals surface area contributed by atoms with Crippen LogP contribution in [0.3, 0.4) is 0 Å². The summed E-state index contributed by atoms with van der Waals surface area (Å²) in [5.74, 6) is 1.18. The Labute approximate surface area is 125 Å². The van der Waals surface area contributed by atoms with E-state index in [1.807, 2.05) is 19.2 Å². The highest BCUT2D eigenvalue weighted by Gasteiger charge is 2.16. The Bertz CT molecular complexity index is 734. The van der Waals surface area contributed by atoms with Gasteiger partial charge in [0.1, 0.15) is 0 Å². The van der Waals surface area contributed by atoms with Crippen molar-refractivity contribution in [2.75, 3.05) is 0 Å². The maximum absolute atomic E-state index is 6.13. The summed E-state index contributed by atoms with van der Waals surface area (Å²) in [6.07, 6.45) is 6.45. The van der Waals surface area contributed by atoms with Crippen molar-refractivity contribution in [2.24, 2.45) is 7.05 Å². The number of rotatable bonds is 2. The zero-order valence-electron chi connectivity index (χ0n) is 10.5. The first-order chi connectivity index (χ1) is 9.66. The fourth-order valence-electron chi connectivity index (χ4n) is 1.87. The molecule has 0 saturated carbocycles. The van der Waals surface area contributed by atoms with Crippen molar-refractivity contribution < 1.29 is 0 Å². The minimum Gasteiger partial charge on any atom is -0.265 e. The topological polar surface area (TPSA) is 56.5 Å². The number of hydrogen-bond donors (Lipinski definition) is 0. The van der Waals surface area contributed by atoms with Crippen molar-refractivity contribution in [3.63, 3.8) is 0 Å². The van der Waals surface area contributed by atoms with Gasteiger partial charge in [0.15, 0.2) is 11.6 Å². The van der Waals surface area contributed by atoms with Crippen LogP contribution in [0.2, 0.25) is 10.0 Å². The average molecular weight is 306 g/mol. The van der Waals surface area contributed by atoms with Crippen LogP contribution in [0.1, 0.15) is 0 Å². The molecule has 3 heterocycles. The third-order valence-corrected chi connectivity index (χ3v) is 3.35. The first-order valence-electron chi connectivity index (χ1n) is 5.77. The molecule has 5 nitrogen and oxygen atoms in total. The molecular weight excluding hydrogens is 297 g/mol. The summed E-state index contributed by atoms with van der Waals surface area (Å²) in [6, 6.07) is 3.73. The van der Waals surface area contributed by atoms with E-state index in [1.165, 1.54) is 12.4 Å². The standard InChI is InChI=1S/C13H9Cl2N5/c1-20-13(8-2-4-16-5-3-8)18-12(19-20)11-9(14)6-17-7-10(11)15/h2-7H,1H3. The third-order valence-electron chi connectivity index (χ3n) is 2.78. The Morgan fingerprint density at radius 2 is 1.65 bits per heavy atom. The highest BCUT2D eigenvalue weighted by molar-refractivity contribution is 6.38. The quantitative estimate of drug-likeness (QED) is 0.729. The smallest absolute Gasteiger partial charge is 0.184 e. The van der Waals surface area contributed by atoms with E-state index in [4.69, 9.17) is 23.2 Å². The van der Waals surface area contributed by atoms with E-state index in [9.17, 15) is 0 Å². The summed E-state index contributed by atoms with van der Waals surface area (Å²) in [6.45, 7) is 0. The number of aryl methyl sites for hydroxylation is 1. The number of hydrogen-bond acceptors (Lipinski definition) is 4. The van der Waals surface area contributed by atoms with Crippen molar-refractivity contribution in [1.29, 1.82) is 0 Å². The lowest BCUT2D eigenvalue weighted by atomic mass is 10.2. The Morgan fingerprint density at radius 3 is 2.30 bits per heavy atom. The highest BCUT2D eigenvalue weighted by atomic mass is 35.5. The molecule has 0 saturated heterocycles. The minimum atomic E-state index is 0.421. The van der Waals surface area contributed by atoms with Crippen LogP contribution < -0.4 is 0 Å².